The molecule has 0 radical (unpaired) electrons. The quantitative estimate of drug-likeness (QED) is 0.375. The highest BCUT2D eigenvalue weighted by Gasteiger charge is 2.35. The molecule has 0 aliphatic carbocycles. The van der Waals surface area contributed by atoms with E-state index in [4.69, 9.17) is 23.7 Å². The van der Waals surface area contributed by atoms with Crippen molar-refractivity contribution < 1.29 is 28.5 Å². The van der Waals surface area contributed by atoms with Crippen LogP contribution in [0.2, 0.25) is 0 Å². The minimum Gasteiger partial charge on any atom is -0.491 e. The lowest BCUT2D eigenvalue weighted by atomic mass is 10.0. The van der Waals surface area contributed by atoms with Crippen LogP contribution in [0.1, 0.15) is 37.8 Å². The summed E-state index contributed by atoms with van der Waals surface area (Å²) in [6.07, 6.45) is 0.989. The first-order valence-corrected chi connectivity index (χ1v) is 11.1. The van der Waals surface area contributed by atoms with Gasteiger partial charge in [-0.2, -0.15) is 5.26 Å². The minimum atomic E-state index is -0.852. The molecule has 0 unspecified atom stereocenters. The van der Waals surface area contributed by atoms with Crippen LogP contribution in [-0.2, 0) is 29.5 Å². The molecule has 1 aliphatic rings. The fraction of sp³-hybridized carbons (Fsp3) is 0.440. The van der Waals surface area contributed by atoms with Crippen molar-refractivity contribution in [3.63, 3.8) is 0 Å². The Morgan fingerprint density at radius 3 is 2.58 bits per heavy atom. The lowest BCUT2D eigenvalue weighted by Crippen LogP contribution is -2.23. The predicted octanol–water partition coefficient (Wildman–Crippen LogP) is 4.26. The molecule has 1 heterocycles. The molecule has 8 heteroatoms. The van der Waals surface area contributed by atoms with Gasteiger partial charge in [0.25, 0.3) is 0 Å². The second kappa shape index (κ2) is 12.2. The molecular formula is C25H30N2O6. The Morgan fingerprint density at radius 1 is 1.12 bits per heavy atom. The number of anilines is 2. The van der Waals surface area contributed by atoms with Crippen molar-refractivity contribution in [3.05, 3.63) is 53.6 Å². The summed E-state index contributed by atoms with van der Waals surface area (Å²) in [4.78, 5) is 11.3. The van der Waals surface area contributed by atoms with E-state index in [9.17, 15) is 10.1 Å². The Bertz CT molecular complexity index is 948. The van der Waals surface area contributed by atoms with Gasteiger partial charge in [-0.25, -0.2) is 0 Å². The third-order valence-corrected chi connectivity index (χ3v) is 5.08. The summed E-state index contributed by atoms with van der Waals surface area (Å²) in [5.74, 6) is -0.332. The van der Waals surface area contributed by atoms with Gasteiger partial charge in [-0.3, -0.25) is 4.79 Å². The number of esters is 1. The number of hydrogen-bond acceptors (Lipinski definition) is 8. The summed E-state index contributed by atoms with van der Waals surface area (Å²) >= 11 is 0. The van der Waals surface area contributed by atoms with E-state index in [0.29, 0.717) is 58.0 Å². The van der Waals surface area contributed by atoms with Crippen LogP contribution in [-0.4, -0.2) is 45.6 Å². The van der Waals surface area contributed by atoms with E-state index in [1.54, 1.807) is 19.1 Å². The highest BCUT2D eigenvalue weighted by molar-refractivity contribution is 5.69. The second-order valence-electron chi connectivity index (χ2n) is 7.53. The Kier molecular flexibility index (Phi) is 9.07. The fourth-order valence-electron chi connectivity index (χ4n) is 3.45. The molecular weight excluding hydrogens is 424 g/mol. The van der Waals surface area contributed by atoms with Crippen molar-refractivity contribution in [1.82, 2.24) is 0 Å². The molecule has 2 aromatic carbocycles. The van der Waals surface area contributed by atoms with Gasteiger partial charge in [0.15, 0.2) is 5.79 Å². The Hall–Kier alpha value is -3.12. The van der Waals surface area contributed by atoms with Crippen molar-refractivity contribution in [2.75, 3.05) is 45.0 Å². The normalized spacial score (nSPS) is 14.5. The van der Waals surface area contributed by atoms with Crippen molar-refractivity contribution in [1.29, 1.82) is 5.26 Å². The molecule has 0 spiro atoms. The van der Waals surface area contributed by atoms with E-state index >= 15 is 0 Å². The van der Waals surface area contributed by atoms with Crippen LogP contribution in [0.25, 0.3) is 0 Å². The van der Waals surface area contributed by atoms with Crippen LogP contribution in [0.15, 0.2) is 42.5 Å². The molecule has 0 bridgehead atoms. The summed E-state index contributed by atoms with van der Waals surface area (Å²) in [6.45, 7) is 6.45. The maximum Gasteiger partial charge on any atom is 0.305 e. The number of nitrogens with one attached hydrogen (secondary N) is 1. The summed E-state index contributed by atoms with van der Waals surface area (Å²) in [5.41, 5.74) is 2.98. The smallest absolute Gasteiger partial charge is 0.305 e. The Labute approximate surface area is 194 Å². The van der Waals surface area contributed by atoms with Gasteiger partial charge in [-0.1, -0.05) is 6.07 Å². The van der Waals surface area contributed by atoms with Gasteiger partial charge in [0.2, 0.25) is 0 Å². The van der Waals surface area contributed by atoms with Crippen LogP contribution in [0.3, 0.4) is 0 Å². The van der Waals surface area contributed by atoms with Gasteiger partial charge in [-0.15, -0.1) is 0 Å². The number of carbonyl (C=O) groups is 1. The maximum absolute atomic E-state index is 11.3. The molecule has 8 nitrogen and oxygen atoms in total. The van der Waals surface area contributed by atoms with Crippen molar-refractivity contribution >= 4 is 17.3 Å². The molecule has 1 N–H and O–H groups in total. The molecule has 176 valence electrons. The monoisotopic (exact) mass is 454 g/mol. The molecule has 0 aromatic heterocycles. The lowest BCUT2D eigenvalue weighted by Gasteiger charge is -2.26. The number of rotatable bonds is 12. The average Bonchev–Trinajstić information content (AvgIpc) is 3.27. The number of carbonyl (C=O) groups excluding carboxylic acids is 1. The lowest BCUT2D eigenvalue weighted by molar-refractivity contribution is -0.149. The largest absolute Gasteiger partial charge is 0.491 e. The maximum atomic E-state index is 11.3. The molecule has 33 heavy (non-hydrogen) atoms. The zero-order valence-corrected chi connectivity index (χ0v) is 19.1. The van der Waals surface area contributed by atoms with Gasteiger partial charge in [0.1, 0.15) is 12.4 Å². The van der Waals surface area contributed by atoms with Gasteiger partial charge in [0.05, 0.1) is 38.1 Å². The van der Waals surface area contributed by atoms with E-state index in [-0.39, 0.29) is 5.97 Å². The molecule has 1 aliphatic heterocycles. The van der Waals surface area contributed by atoms with Crippen LogP contribution in [0.4, 0.5) is 11.4 Å². The average molecular weight is 455 g/mol. The summed E-state index contributed by atoms with van der Waals surface area (Å²) in [7, 11) is 0. The molecule has 1 fully saturated rings. The molecule has 0 amide bonds. The molecule has 0 atom stereocenters. The highest BCUT2D eigenvalue weighted by atomic mass is 16.7. The number of ether oxygens (including phenoxy) is 5. The SMILES string of the molecule is CCOC(=O)CCCOCCOc1ccc(Nc2cc(C#N)ccc2C2(C)OCCO2)cc1. The van der Waals surface area contributed by atoms with Gasteiger partial charge < -0.3 is 29.0 Å². The third kappa shape index (κ3) is 7.19. The number of hydrogen-bond donors (Lipinski definition) is 1. The van der Waals surface area contributed by atoms with E-state index in [1.165, 1.54) is 0 Å². The van der Waals surface area contributed by atoms with E-state index in [1.807, 2.05) is 37.3 Å². The van der Waals surface area contributed by atoms with E-state index < -0.39 is 5.79 Å². The summed E-state index contributed by atoms with van der Waals surface area (Å²) in [6, 6.07) is 15.1. The predicted molar refractivity (Wildman–Crippen MR) is 122 cm³/mol. The van der Waals surface area contributed by atoms with Gasteiger partial charge in [0, 0.05) is 30.0 Å². The number of nitriles is 1. The van der Waals surface area contributed by atoms with Crippen LogP contribution in [0.5, 0.6) is 5.75 Å². The molecule has 2 aromatic rings. The molecule has 3 rings (SSSR count). The van der Waals surface area contributed by atoms with Gasteiger partial charge >= 0.3 is 5.97 Å². The summed E-state index contributed by atoms with van der Waals surface area (Å²) in [5, 5.41) is 12.6. The zero-order valence-electron chi connectivity index (χ0n) is 19.1. The summed E-state index contributed by atoms with van der Waals surface area (Å²) < 4.78 is 27.7. The van der Waals surface area contributed by atoms with Crippen LogP contribution >= 0.6 is 0 Å². The standard InChI is InChI=1S/C25H30N2O6/c1-3-30-24(28)5-4-12-29-13-14-31-21-9-7-20(8-10-21)27-23-17-19(18-26)6-11-22(23)25(2)32-15-16-33-25/h6-11,17,27H,3-5,12-16H2,1-2H3. The van der Waals surface area contributed by atoms with Crippen molar-refractivity contribution in [3.8, 4) is 11.8 Å². The van der Waals surface area contributed by atoms with Crippen LogP contribution < -0.4 is 10.1 Å². The first-order chi connectivity index (χ1) is 16.0. The Balaban J connectivity index is 1.49. The first-order valence-electron chi connectivity index (χ1n) is 11.1. The fourth-order valence-corrected chi connectivity index (χ4v) is 3.45. The van der Waals surface area contributed by atoms with E-state index in [0.717, 1.165) is 22.7 Å². The van der Waals surface area contributed by atoms with Crippen molar-refractivity contribution in [2.24, 2.45) is 0 Å². The molecule has 0 saturated carbocycles. The highest BCUT2D eigenvalue weighted by Crippen LogP contribution is 2.37. The Morgan fingerprint density at radius 2 is 1.88 bits per heavy atom. The van der Waals surface area contributed by atoms with Crippen LogP contribution in [0, 0.1) is 11.3 Å². The first kappa shape index (κ1) is 24.5. The zero-order chi connectivity index (χ0) is 23.5. The molecule has 1 saturated heterocycles. The van der Waals surface area contributed by atoms with Gasteiger partial charge in [-0.05, 0) is 56.7 Å². The number of nitrogens with zero attached hydrogens (tertiary/aromatic N) is 1. The van der Waals surface area contributed by atoms with E-state index in [2.05, 4.69) is 11.4 Å². The number of benzene rings is 2. The topological polar surface area (TPSA) is 99.0 Å². The third-order valence-electron chi connectivity index (χ3n) is 5.08. The van der Waals surface area contributed by atoms with Crippen molar-refractivity contribution in [2.45, 2.75) is 32.5 Å². The minimum absolute atomic E-state index is 0.199. The second-order valence-corrected chi connectivity index (χ2v) is 7.53.